The largest absolute Gasteiger partial charge is 0.466 e. The number of carbonyl (C=O) groups excluding carboxylic acids is 1. The van der Waals surface area contributed by atoms with Gasteiger partial charge in [-0.2, -0.15) is 0 Å². The Morgan fingerprint density at radius 3 is 2.47 bits per heavy atom. The Bertz CT molecular complexity index is 442. The molecule has 0 spiro atoms. The number of furan rings is 1. The summed E-state index contributed by atoms with van der Waals surface area (Å²) < 4.78 is 5.34. The van der Waals surface area contributed by atoms with Gasteiger partial charge in [-0.15, -0.1) is 0 Å². The van der Waals surface area contributed by atoms with Crippen molar-refractivity contribution in [2.75, 3.05) is 13.1 Å². The fraction of sp³-hybridized carbons (Fsp3) is 0.615. The van der Waals surface area contributed by atoms with Gasteiger partial charge in [0.05, 0.1) is 18.7 Å². The molecule has 1 N–H and O–H groups in total. The number of rotatable bonds is 2. The van der Waals surface area contributed by atoms with Crippen molar-refractivity contribution in [1.29, 1.82) is 0 Å². The predicted molar refractivity (Wildman–Crippen MR) is 63.9 cm³/mol. The number of nitrogens with zero attached hydrogens (tertiary/aromatic N) is 1. The van der Waals surface area contributed by atoms with Gasteiger partial charge in [0.25, 0.3) is 5.91 Å². The second-order valence-corrected chi connectivity index (χ2v) is 5.25. The van der Waals surface area contributed by atoms with Crippen molar-refractivity contribution in [1.82, 2.24) is 4.90 Å². The van der Waals surface area contributed by atoms with Crippen molar-refractivity contribution in [3.63, 3.8) is 0 Å². The topological polar surface area (TPSA) is 53.7 Å². The van der Waals surface area contributed by atoms with E-state index in [4.69, 9.17) is 4.42 Å². The number of likely N-dealkylation sites (tertiary alicyclic amines) is 1. The zero-order valence-corrected chi connectivity index (χ0v) is 10.8. The summed E-state index contributed by atoms with van der Waals surface area (Å²) in [6.45, 7) is 8.36. The number of carbonyl (C=O) groups is 1. The van der Waals surface area contributed by atoms with Crippen molar-refractivity contribution < 1.29 is 14.3 Å². The highest BCUT2D eigenvalue weighted by Crippen LogP contribution is 2.30. The molecule has 0 aliphatic carbocycles. The Hall–Kier alpha value is -1.29. The fourth-order valence-corrected chi connectivity index (χ4v) is 2.14. The molecular formula is C13H19NO3. The Morgan fingerprint density at radius 1 is 1.47 bits per heavy atom. The van der Waals surface area contributed by atoms with Crippen LogP contribution in [0.1, 0.15) is 35.7 Å². The molecular weight excluding hydrogens is 218 g/mol. The molecule has 2 heterocycles. The van der Waals surface area contributed by atoms with Crippen LogP contribution >= 0.6 is 0 Å². The molecule has 0 saturated carbocycles. The van der Waals surface area contributed by atoms with Gasteiger partial charge in [-0.25, -0.2) is 0 Å². The van der Waals surface area contributed by atoms with Crippen LogP contribution in [0.5, 0.6) is 0 Å². The SMILES string of the molecule is Cc1cc(C(=O)N2CC(O)(C(C)C)C2)c(C)o1. The summed E-state index contributed by atoms with van der Waals surface area (Å²) in [7, 11) is 0. The summed E-state index contributed by atoms with van der Waals surface area (Å²) in [5, 5.41) is 10.1. The van der Waals surface area contributed by atoms with Crippen molar-refractivity contribution >= 4 is 5.91 Å². The van der Waals surface area contributed by atoms with Gasteiger partial charge in [0.1, 0.15) is 17.1 Å². The molecule has 1 aromatic rings. The van der Waals surface area contributed by atoms with Crippen LogP contribution in [-0.4, -0.2) is 34.6 Å². The third-order valence-corrected chi connectivity index (χ3v) is 3.56. The summed E-state index contributed by atoms with van der Waals surface area (Å²) in [4.78, 5) is 13.8. The highest BCUT2D eigenvalue weighted by Gasteiger charge is 2.46. The summed E-state index contributed by atoms with van der Waals surface area (Å²) in [5.41, 5.74) is -0.115. The lowest BCUT2D eigenvalue weighted by Gasteiger charge is -2.48. The summed E-state index contributed by atoms with van der Waals surface area (Å²) >= 11 is 0. The number of hydrogen-bond donors (Lipinski definition) is 1. The van der Waals surface area contributed by atoms with Crippen molar-refractivity contribution in [3.8, 4) is 0 Å². The summed E-state index contributed by atoms with van der Waals surface area (Å²) in [6.07, 6.45) is 0. The maximum absolute atomic E-state index is 12.1. The molecule has 0 aromatic carbocycles. The molecule has 4 heteroatoms. The average Bonchev–Trinajstić information content (AvgIpc) is 2.51. The normalized spacial score (nSPS) is 18.4. The van der Waals surface area contributed by atoms with Gasteiger partial charge in [-0.1, -0.05) is 13.8 Å². The molecule has 1 aliphatic heterocycles. The van der Waals surface area contributed by atoms with E-state index < -0.39 is 5.60 Å². The zero-order chi connectivity index (χ0) is 12.8. The van der Waals surface area contributed by atoms with Crippen LogP contribution in [0.25, 0.3) is 0 Å². The Morgan fingerprint density at radius 2 is 2.06 bits per heavy atom. The molecule has 0 unspecified atom stereocenters. The Labute approximate surface area is 101 Å². The minimum atomic E-state index is -0.720. The van der Waals surface area contributed by atoms with Gasteiger partial charge >= 0.3 is 0 Å². The van der Waals surface area contributed by atoms with Crippen LogP contribution in [0, 0.1) is 19.8 Å². The first-order valence-corrected chi connectivity index (χ1v) is 5.92. The van der Waals surface area contributed by atoms with E-state index in [1.807, 2.05) is 20.8 Å². The molecule has 1 amide bonds. The molecule has 1 fully saturated rings. The highest BCUT2D eigenvalue weighted by molar-refractivity contribution is 5.96. The highest BCUT2D eigenvalue weighted by atomic mass is 16.3. The number of hydrogen-bond acceptors (Lipinski definition) is 3. The lowest BCUT2D eigenvalue weighted by atomic mass is 9.82. The fourth-order valence-electron chi connectivity index (χ4n) is 2.14. The number of amides is 1. The van der Waals surface area contributed by atoms with Gasteiger partial charge in [0.2, 0.25) is 0 Å². The second kappa shape index (κ2) is 3.88. The average molecular weight is 237 g/mol. The zero-order valence-electron chi connectivity index (χ0n) is 10.8. The molecule has 0 bridgehead atoms. The van der Waals surface area contributed by atoms with E-state index in [0.717, 1.165) is 5.76 Å². The second-order valence-electron chi connectivity index (χ2n) is 5.25. The minimum Gasteiger partial charge on any atom is -0.466 e. The quantitative estimate of drug-likeness (QED) is 0.852. The lowest BCUT2D eigenvalue weighted by Crippen LogP contribution is -2.65. The first-order chi connectivity index (χ1) is 7.83. The standard InChI is InChI=1S/C13H19NO3/c1-8(2)13(16)6-14(7-13)12(15)11-5-9(3)17-10(11)4/h5,8,16H,6-7H2,1-4H3. The molecule has 0 atom stereocenters. The van der Waals surface area contributed by atoms with E-state index in [1.165, 1.54) is 0 Å². The maximum Gasteiger partial charge on any atom is 0.257 e. The lowest BCUT2D eigenvalue weighted by molar-refractivity contribution is -0.110. The van der Waals surface area contributed by atoms with E-state index in [0.29, 0.717) is 24.4 Å². The maximum atomic E-state index is 12.1. The molecule has 2 rings (SSSR count). The van der Waals surface area contributed by atoms with Crippen LogP contribution in [0.15, 0.2) is 10.5 Å². The first-order valence-electron chi connectivity index (χ1n) is 5.92. The molecule has 1 aliphatic rings. The van der Waals surface area contributed by atoms with Crippen LogP contribution in [0.2, 0.25) is 0 Å². The van der Waals surface area contributed by atoms with Gasteiger partial charge < -0.3 is 14.4 Å². The van der Waals surface area contributed by atoms with Crippen molar-refractivity contribution in [2.24, 2.45) is 5.92 Å². The Balaban J connectivity index is 2.08. The molecule has 17 heavy (non-hydrogen) atoms. The third-order valence-electron chi connectivity index (χ3n) is 3.56. The van der Waals surface area contributed by atoms with Crippen LogP contribution in [0.3, 0.4) is 0 Å². The summed E-state index contributed by atoms with van der Waals surface area (Å²) in [6, 6.07) is 1.75. The predicted octanol–water partition coefficient (Wildman–Crippen LogP) is 1.74. The number of β-amino-alcohol motifs (C(OH)–C–C–N with tert-alkyl or cyclic N) is 1. The van der Waals surface area contributed by atoms with E-state index in [9.17, 15) is 9.90 Å². The van der Waals surface area contributed by atoms with Crippen LogP contribution < -0.4 is 0 Å². The van der Waals surface area contributed by atoms with Gasteiger partial charge in [-0.3, -0.25) is 4.79 Å². The monoisotopic (exact) mass is 237 g/mol. The van der Waals surface area contributed by atoms with Gasteiger partial charge in [0.15, 0.2) is 0 Å². The molecule has 1 saturated heterocycles. The van der Waals surface area contributed by atoms with Crippen LogP contribution in [-0.2, 0) is 0 Å². The Kier molecular flexibility index (Phi) is 2.78. The molecule has 4 nitrogen and oxygen atoms in total. The van der Waals surface area contributed by atoms with Gasteiger partial charge in [-0.05, 0) is 25.8 Å². The first kappa shape index (κ1) is 12.2. The molecule has 1 aromatic heterocycles. The van der Waals surface area contributed by atoms with Crippen molar-refractivity contribution in [3.05, 3.63) is 23.2 Å². The van der Waals surface area contributed by atoms with Crippen LogP contribution in [0.4, 0.5) is 0 Å². The summed E-state index contributed by atoms with van der Waals surface area (Å²) in [5.74, 6) is 1.50. The third kappa shape index (κ3) is 1.97. The van der Waals surface area contributed by atoms with E-state index in [1.54, 1.807) is 17.9 Å². The molecule has 0 radical (unpaired) electrons. The van der Waals surface area contributed by atoms with E-state index in [2.05, 4.69) is 0 Å². The number of aryl methyl sites for hydroxylation is 2. The number of aliphatic hydroxyl groups is 1. The van der Waals surface area contributed by atoms with Gasteiger partial charge in [0, 0.05) is 0 Å². The van der Waals surface area contributed by atoms with Crippen molar-refractivity contribution in [2.45, 2.75) is 33.3 Å². The van der Waals surface area contributed by atoms with E-state index >= 15 is 0 Å². The van der Waals surface area contributed by atoms with E-state index in [-0.39, 0.29) is 11.8 Å². The minimum absolute atomic E-state index is 0.0512. The molecule has 94 valence electrons. The smallest absolute Gasteiger partial charge is 0.257 e.